The third kappa shape index (κ3) is 5.21. The Balaban J connectivity index is 2.19. The van der Waals surface area contributed by atoms with E-state index >= 15 is 0 Å². The van der Waals surface area contributed by atoms with Crippen LogP contribution < -0.4 is 10.6 Å². The Morgan fingerprint density at radius 2 is 2.19 bits per heavy atom. The van der Waals surface area contributed by atoms with Crippen LogP contribution in [0.15, 0.2) is 0 Å². The maximum atomic E-state index is 11.5. The van der Waals surface area contributed by atoms with E-state index in [9.17, 15) is 4.79 Å². The third-order valence-electron chi connectivity index (χ3n) is 2.96. The average Bonchev–Trinajstić information content (AvgIpc) is 2.26. The first-order valence-electron chi connectivity index (χ1n) is 6.17. The summed E-state index contributed by atoms with van der Waals surface area (Å²) in [5, 5.41) is 7.04. The van der Waals surface area contributed by atoms with Gasteiger partial charge < -0.3 is 10.6 Å². The van der Waals surface area contributed by atoms with Crippen molar-refractivity contribution in [3.63, 3.8) is 0 Å². The number of thioether (sulfide) groups is 1. The second-order valence-corrected chi connectivity index (χ2v) is 5.96. The topological polar surface area (TPSA) is 41.1 Å². The number of carbonyl (C=O) groups is 1. The smallest absolute Gasteiger partial charge is 0.234 e. The summed E-state index contributed by atoms with van der Waals surface area (Å²) in [5.74, 6) is 0.112. The molecule has 1 aliphatic rings. The van der Waals surface area contributed by atoms with Crippen LogP contribution in [-0.4, -0.2) is 36.0 Å². The van der Waals surface area contributed by atoms with Gasteiger partial charge in [0, 0.05) is 17.3 Å². The lowest BCUT2D eigenvalue weighted by Crippen LogP contribution is -2.43. The van der Waals surface area contributed by atoms with Crippen molar-refractivity contribution < 1.29 is 4.79 Å². The van der Waals surface area contributed by atoms with Crippen LogP contribution in [0.1, 0.15) is 39.5 Å². The first kappa shape index (κ1) is 13.8. The molecule has 2 N–H and O–H groups in total. The molecule has 1 saturated carbocycles. The molecule has 1 aliphatic carbocycles. The number of nitrogens with one attached hydrogen (secondary N) is 2. The van der Waals surface area contributed by atoms with Crippen molar-refractivity contribution in [2.24, 2.45) is 0 Å². The Kier molecular flexibility index (Phi) is 6.21. The molecule has 94 valence electrons. The zero-order valence-electron chi connectivity index (χ0n) is 10.6. The molecule has 1 fully saturated rings. The molecule has 0 bridgehead atoms. The van der Waals surface area contributed by atoms with Crippen LogP contribution in [0.3, 0.4) is 0 Å². The maximum absolute atomic E-state index is 11.5. The van der Waals surface area contributed by atoms with E-state index in [1.54, 1.807) is 0 Å². The number of hydrogen-bond acceptors (Lipinski definition) is 3. The van der Waals surface area contributed by atoms with Crippen LogP contribution in [0.25, 0.3) is 0 Å². The summed E-state index contributed by atoms with van der Waals surface area (Å²) < 4.78 is 0. The second-order valence-electron chi connectivity index (χ2n) is 4.82. The maximum Gasteiger partial charge on any atom is 0.234 e. The van der Waals surface area contributed by atoms with E-state index in [0.29, 0.717) is 12.6 Å². The minimum absolute atomic E-state index is 0.112. The van der Waals surface area contributed by atoms with E-state index in [0.717, 1.165) is 5.25 Å². The number of rotatable bonds is 5. The number of hydrogen-bond donors (Lipinski definition) is 2. The van der Waals surface area contributed by atoms with Crippen molar-refractivity contribution in [3.8, 4) is 0 Å². The molecule has 1 rings (SSSR count). The molecule has 0 saturated heterocycles. The Labute approximate surface area is 103 Å². The lowest BCUT2D eigenvalue weighted by Gasteiger charge is -2.28. The predicted molar refractivity (Wildman–Crippen MR) is 70.8 cm³/mol. The largest absolute Gasteiger partial charge is 0.353 e. The third-order valence-corrected chi connectivity index (χ3v) is 4.06. The molecule has 4 heteroatoms. The lowest BCUT2D eigenvalue weighted by molar-refractivity contribution is -0.120. The van der Waals surface area contributed by atoms with Crippen LogP contribution in [0.5, 0.6) is 0 Å². The standard InChI is InChI=1S/C12H24N2OS/c1-9(2)14-12(15)8-13-10-5-4-6-11(7-10)16-3/h9-11,13H,4-8H2,1-3H3,(H,14,15). The first-order valence-corrected chi connectivity index (χ1v) is 7.46. The molecule has 0 aliphatic heterocycles. The quantitative estimate of drug-likeness (QED) is 0.774. The average molecular weight is 244 g/mol. The fraction of sp³-hybridized carbons (Fsp3) is 0.917. The molecule has 16 heavy (non-hydrogen) atoms. The zero-order chi connectivity index (χ0) is 12.0. The highest BCUT2D eigenvalue weighted by Crippen LogP contribution is 2.26. The van der Waals surface area contributed by atoms with Crippen molar-refractivity contribution in [1.82, 2.24) is 10.6 Å². The van der Waals surface area contributed by atoms with Crippen LogP contribution in [0.4, 0.5) is 0 Å². The molecule has 0 heterocycles. The van der Waals surface area contributed by atoms with Gasteiger partial charge in [-0.25, -0.2) is 0 Å². The summed E-state index contributed by atoms with van der Waals surface area (Å²) >= 11 is 1.95. The second kappa shape index (κ2) is 7.17. The first-order chi connectivity index (χ1) is 7.61. The Morgan fingerprint density at radius 3 is 2.81 bits per heavy atom. The Morgan fingerprint density at radius 1 is 1.44 bits per heavy atom. The van der Waals surface area contributed by atoms with Gasteiger partial charge in [-0.05, 0) is 39.4 Å². The summed E-state index contributed by atoms with van der Waals surface area (Å²) in [6.07, 6.45) is 7.22. The molecule has 2 atom stereocenters. The van der Waals surface area contributed by atoms with E-state index in [2.05, 4.69) is 16.9 Å². The summed E-state index contributed by atoms with van der Waals surface area (Å²) in [6, 6.07) is 0.767. The van der Waals surface area contributed by atoms with Gasteiger partial charge in [0.05, 0.1) is 6.54 Å². The van der Waals surface area contributed by atoms with Gasteiger partial charge in [-0.15, -0.1) is 0 Å². The van der Waals surface area contributed by atoms with E-state index in [-0.39, 0.29) is 11.9 Å². The van der Waals surface area contributed by atoms with Gasteiger partial charge in [0.2, 0.25) is 5.91 Å². The van der Waals surface area contributed by atoms with E-state index in [1.807, 2.05) is 25.6 Å². The van der Waals surface area contributed by atoms with Crippen LogP contribution >= 0.6 is 11.8 Å². The van der Waals surface area contributed by atoms with Crippen molar-refractivity contribution in [2.75, 3.05) is 12.8 Å². The molecular formula is C12H24N2OS. The highest BCUT2D eigenvalue weighted by atomic mass is 32.2. The minimum Gasteiger partial charge on any atom is -0.353 e. The molecule has 0 aromatic rings. The van der Waals surface area contributed by atoms with Gasteiger partial charge >= 0.3 is 0 Å². The number of carbonyl (C=O) groups excluding carboxylic acids is 1. The molecule has 0 radical (unpaired) electrons. The van der Waals surface area contributed by atoms with Gasteiger partial charge in [-0.3, -0.25) is 4.79 Å². The highest BCUT2D eigenvalue weighted by Gasteiger charge is 2.21. The van der Waals surface area contributed by atoms with Gasteiger partial charge in [0.1, 0.15) is 0 Å². The molecule has 0 spiro atoms. The van der Waals surface area contributed by atoms with Gasteiger partial charge in [-0.2, -0.15) is 11.8 Å². The lowest BCUT2D eigenvalue weighted by atomic mass is 9.95. The van der Waals surface area contributed by atoms with Crippen molar-refractivity contribution in [2.45, 2.75) is 56.9 Å². The van der Waals surface area contributed by atoms with E-state index in [1.165, 1.54) is 25.7 Å². The summed E-state index contributed by atoms with van der Waals surface area (Å²) in [4.78, 5) is 11.5. The predicted octanol–water partition coefficient (Wildman–Crippen LogP) is 1.77. The zero-order valence-corrected chi connectivity index (χ0v) is 11.4. The van der Waals surface area contributed by atoms with Crippen LogP contribution in [0.2, 0.25) is 0 Å². The van der Waals surface area contributed by atoms with Crippen LogP contribution in [-0.2, 0) is 4.79 Å². The van der Waals surface area contributed by atoms with Crippen molar-refractivity contribution in [3.05, 3.63) is 0 Å². The summed E-state index contributed by atoms with van der Waals surface area (Å²) in [6.45, 7) is 4.44. The molecule has 3 nitrogen and oxygen atoms in total. The monoisotopic (exact) mass is 244 g/mol. The van der Waals surface area contributed by atoms with E-state index < -0.39 is 0 Å². The van der Waals surface area contributed by atoms with Crippen molar-refractivity contribution in [1.29, 1.82) is 0 Å². The Hall–Kier alpha value is -0.220. The number of amides is 1. The van der Waals surface area contributed by atoms with Gasteiger partial charge in [0.25, 0.3) is 0 Å². The molecular weight excluding hydrogens is 220 g/mol. The Bertz CT molecular complexity index is 221. The molecule has 0 aromatic heterocycles. The molecule has 0 aromatic carbocycles. The van der Waals surface area contributed by atoms with Gasteiger partial charge in [-0.1, -0.05) is 6.42 Å². The van der Waals surface area contributed by atoms with E-state index in [4.69, 9.17) is 0 Å². The highest BCUT2D eigenvalue weighted by molar-refractivity contribution is 7.99. The fourth-order valence-corrected chi connectivity index (χ4v) is 2.98. The minimum atomic E-state index is 0.112. The fourth-order valence-electron chi connectivity index (χ4n) is 2.15. The van der Waals surface area contributed by atoms with Crippen LogP contribution in [0, 0.1) is 0 Å². The summed E-state index contributed by atoms with van der Waals surface area (Å²) in [7, 11) is 0. The molecule has 2 unspecified atom stereocenters. The normalized spacial score (nSPS) is 25.8. The van der Waals surface area contributed by atoms with Gasteiger partial charge in [0.15, 0.2) is 0 Å². The molecule has 1 amide bonds. The van der Waals surface area contributed by atoms with Crippen molar-refractivity contribution >= 4 is 17.7 Å². The summed E-state index contributed by atoms with van der Waals surface area (Å²) in [5.41, 5.74) is 0. The SMILES string of the molecule is CSC1CCCC(NCC(=O)NC(C)C)C1.